The summed E-state index contributed by atoms with van der Waals surface area (Å²) >= 11 is 0. The number of hydrogen-bond donors (Lipinski definition) is 0. The standard InChI is InChI=1S/C18H23N5O4S/c24-18(11-27-17-7-3-6-15(10-17)22-13-19-20-21-22)23(14-4-1-2-5-14)16-8-9-28(25,26)12-16/h3,6-7,10,13-14,16H,1-2,4-5,8-9,11-12H2. The first-order valence-electron chi connectivity index (χ1n) is 9.50. The number of hydrogen-bond acceptors (Lipinski definition) is 7. The molecule has 2 aliphatic rings. The summed E-state index contributed by atoms with van der Waals surface area (Å²) < 4.78 is 31.1. The number of ether oxygens (including phenoxy) is 1. The third-order valence-electron chi connectivity index (χ3n) is 5.40. The van der Waals surface area contributed by atoms with Gasteiger partial charge in [-0.3, -0.25) is 4.79 Å². The Morgan fingerprint density at radius 2 is 2.04 bits per heavy atom. The zero-order valence-electron chi connectivity index (χ0n) is 15.5. The molecule has 1 saturated heterocycles. The van der Waals surface area contributed by atoms with Crippen molar-refractivity contribution in [2.24, 2.45) is 0 Å². The van der Waals surface area contributed by atoms with E-state index >= 15 is 0 Å². The van der Waals surface area contributed by atoms with Gasteiger partial charge in [-0.05, 0) is 41.8 Å². The zero-order chi connectivity index (χ0) is 19.6. The molecular weight excluding hydrogens is 382 g/mol. The van der Waals surface area contributed by atoms with Crippen molar-refractivity contribution in [2.75, 3.05) is 18.1 Å². The average Bonchev–Trinajstić information content (AvgIpc) is 3.43. The molecule has 0 spiro atoms. The van der Waals surface area contributed by atoms with Gasteiger partial charge in [0.25, 0.3) is 5.91 Å². The van der Waals surface area contributed by atoms with Crippen molar-refractivity contribution in [2.45, 2.75) is 44.2 Å². The summed E-state index contributed by atoms with van der Waals surface area (Å²) in [6.45, 7) is -0.119. The second kappa shape index (κ2) is 7.86. The van der Waals surface area contributed by atoms with Crippen molar-refractivity contribution in [3.05, 3.63) is 30.6 Å². The highest BCUT2D eigenvalue weighted by Gasteiger charge is 2.39. The Morgan fingerprint density at radius 1 is 1.21 bits per heavy atom. The van der Waals surface area contributed by atoms with Crippen LogP contribution in [0.2, 0.25) is 0 Å². The van der Waals surface area contributed by atoms with Crippen LogP contribution < -0.4 is 4.74 Å². The lowest BCUT2D eigenvalue weighted by Gasteiger charge is -2.34. The molecule has 0 radical (unpaired) electrons. The molecule has 1 aromatic heterocycles. The van der Waals surface area contributed by atoms with E-state index in [1.165, 1.54) is 11.0 Å². The van der Waals surface area contributed by atoms with Crippen LogP contribution in [0.3, 0.4) is 0 Å². The molecule has 1 unspecified atom stereocenters. The normalized spacial score (nSPS) is 21.6. The van der Waals surface area contributed by atoms with Gasteiger partial charge in [0.2, 0.25) is 0 Å². The molecule has 0 bridgehead atoms. The van der Waals surface area contributed by atoms with Gasteiger partial charge in [-0.25, -0.2) is 13.1 Å². The van der Waals surface area contributed by atoms with Crippen molar-refractivity contribution < 1.29 is 17.9 Å². The topological polar surface area (TPSA) is 107 Å². The lowest BCUT2D eigenvalue weighted by atomic mass is 10.1. The fraction of sp³-hybridized carbons (Fsp3) is 0.556. The first-order valence-corrected chi connectivity index (χ1v) is 11.3. The molecule has 1 saturated carbocycles. The number of sulfone groups is 1. The van der Waals surface area contributed by atoms with Crippen molar-refractivity contribution in [1.82, 2.24) is 25.1 Å². The number of nitrogens with zero attached hydrogens (tertiary/aromatic N) is 5. The minimum Gasteiger partial charge on any atom is -0.484 e. The van der Waals surface area contributed by atoms with Crippen molar-refractivity contribution >= 4 is 15.7 Å². The van der Waals surface area contributed by atoms with E-state index in [4.69, 9.17) is 4.74 Å². The first kappa shape index (κ1) is 18.9. The second-order valence-electron chi connectivity index (χ2n) is 7.34. The van der Waals surface area contributed by atoms with E-state index in [-0.39, 0.29) is 36.1 Å². The smallest absolute Gasteiger partial charge is 0.261 e. The summed E-state index contributed by atoms with van der Waals surface area (Å²) in [4.78, 5) is 14.8. The van der Waals surface area contributed by atoms with Crippen LogP contribution >= 0.6 is 0 Å². The summed E-state index contributed by atoms with van der Waals surface area (Å²) in [5.41, 5.74) is 0.726. The summed E-state index contributed by atoms with van der Waals surface area (Å²) in [5, 5.41) is 11.1. The van der Waals surface area contributed by atoms with E-state index in [2.05, 4.69) is 15.5 Å². The summed E-state index contributed by atoms with van der Waals surface area (Å²) in [6.07, 6.45) is 5.99. The lowest BCUT2D eigenvalue weighted by Crippen LogP contribution is -2.48. The van der Waals surface area contributed by atoms with Crippen LogP contribution in [-0.4, -0.2) is 69.6 Å². The molecule has 2 fully saturated rings. The Hall–Kier alpha value is -2.49. The van der Waals surface area contributed by atoms with E-state index < -0.39 is 9.84 Å². The maximum absolute atomic E-state index is 13.0. The molecular formula is C18H23N5O4S. The maximum atomic E-state index is 13.0. The van der Waals surface area contributed by atoms with Gasteiger partial charge in [-0.1, -0.05) is 18.9 Å². The van der Waals surface area contributed by atoms with Crippen LogP contribution in [0.25, 0.3) is 5.69 Å². The van der Waals surface area contributed by atoms with E-state index in [0.717, 1.165) is 31.4 Å². The molecule has 2 heterocycles. The van der Waals surface area contributed by atoms with Crippen molar-refractivity contribution in [3.63, 3.8) is 0 Å². The van der Waals surface area contributed by atoms with Crippen LogP contribution in [0.4, 0.5) is 0 Å². The Bertz CT molecular complexity index is 925. The highest BCUT2D eigenvalue weighted by atomic mass is 32.2. The molecule has 9 nitrogen and oxygen atoms in total. The molecule has 1 aromatic carbocycles. The van der Waals surface area contributed by atoms with Crippen LogP contribution in [0.15, 0.2) is 30.6 Å². The number of benzene rings is 1. The molecule has 28 heavy (non-hydrogen) atoms. The molecule has 0 N–H and O–H groups in total. The molecule has 1 aliphatic heterocycles. The number of carbonyl (C=O) groups excluding carboxylic acids is 1. The van der Waals surface area contributed by atoms with Gasteiger partial charge in [0.05, 0.1) is 17.2 Å². The molecule has 1 aliphatic carbocycles. The van der Waals surface area contributed by atoms with Gasteiger partial charge in [0.1, 0.15) is 12.1 Å². The Kier molecular flexibility index (Phi) is 5.29. The Balaban J connectivity index is 1.45. The second-order valence-corrected chi connectivity index (χ2v) is 9.57. The predicted molar refractivity (Wildman–Crippen MR) is 101 cm³/mol. The van der Waals surface area contributed by atoms with Crippen LogP contribution in [0, 0.1) is 0 Å². The number of tetrazole rings is 1. The quantitative estimate of drug-likeness (QED) is 0.705. The van der Waals surface area contributed by atoms with Crippen LogP contribution in [-0.2, 0) is 14.6 Å². The zero-order valence-corrected chi connectivity index (χ0v) is 16.3. The monoisotopic (exact) mass is 405 g/mol. The number of amides is 1. The third kappa shape index (κ3) is 4.16. The van der Waals surface area contributed by atoms with Gasteiger partial charge >= 0.3 is 0 Å². The van der Waals surface area contributed by atoms with Gasteiger partial charge in [0, 0.05) is 18.2 Å². The highest BCUT2D eigenvalue weighted by molar-refractivity contribution is 7.91. The Morgan fingerprint density at radius 3 is 2.71 bits per heavy atom. The minimum atomic E-state index is -3.06. The number of rotatable bonds is 6. The maximum Gasteiger partial charge on any atom is 0.261 e. The van der Waals surface area contributed by atoms with Crippen molar-refractivity contribution in [3.8, 4) is 11.4 Å². The van der Waals surface area contributed by atoms with Gasteiger partial charge in [0.15, 0.2) is 16.4 Å². The largest absolute Gasteiger partial charge is 0.484 e. The fourth-order valence-electron chi connectivity index (χ4n) is 4.10. The van der Waals surface area contributed by atoms with E-state index in [9.17, 15) is 13.2 Å². The summed E-state index contributed by atoms with van der Waals surface area (Å²) in [6, 6.07) is 7.03. The lowest BCUT2D eigenvalue weighted by molar-refractivity contribution is -0.137. The SMILES string of the molecule is O=C(COc1cccc(-n2cnnn2)c1)N(C1CCCC1)C1CCS(=O)(=O)C1. The van der Waals surface area contributed by atoms with E-state index in [0.29, 0.717) is 12.2 Å². The van der Waals surface area contributed by atoms with Gasteiger partial charge in [-0.15, -0.1) is 5.10 Å². The minimum absolute atomic E-state index is 0.0595. The van der Waals surface area contributed by atoms with E-state index in [1.54, 1.807) is 23.1 Å². The molecule has 1 amide bonds. The molecule has 10 heteroatoms. The summed E-state index contributed by atoms with van der Waals surface area (Å²) in [5.74, 6) is 0.598. The predicted octanol–water partition coefficient (Wildman–Crippen LogP) is 0.999. The fourth-order valence-corrected chi connectivity index (χ4v) is 5.81. The van der Waals surface area contributed by atoms with Gasteiger partial charge < -0.3 is 9.64 Å². The average molecular weight is 405 g/mol. The molecule has 4 rings (SSSR count). The molecule has 150 valence electrons. The highest BCUT2D eigenvalue weighted by Crippen LogP contribution is 2.29. The first-order chi connectivity index (χ1) is 13.5. The van der Waals surface area contributed by atoms with E-state index in [1.807, 2.05) is 6.07 Å². The number of aromatic nitrogens is 4. The summed E-state index contributed by atoms with van der Waals surface area (Å²) in [7, 11) is -3.06. The Labute approximate surface area is 163 Å². The van der Waals surface area contributed by atoms with Crippen LogP contribution in [0.1, 0.15) is 32.1 Å². The van der Waals surface area contributed by atoms with Crippen molar-refractivity contribution in [1.29, 1.82) is 0 Å². The van der Waals surface area contributed by atoms with Crippen LogP contribution in [0.5, 0.6) is 5.75 Å². The molecule has 1 atom stereocenters. The van der Waals surface area contributed by atoms with Gasteiger partial charge in [-0.2, -0.15) is 0 Å². The third-order valence-corrected chi connectivity index (χ3v) is 7.15. The molecule has 2 aromatic rings. The number of carbonyl (C=O) groups is 1.